The highest BCUT2D eigenvalue weighted by Crippen LogP contribution is 2.33. The van der Waals surface area contributed by atoms with E-state index in [-0.39, 0.29) is 22.5 Å². The maximum Gasteiger partial charge on any atom is 0.238 e. The molecule has 6 nitrogen and oxygen atoms in total. The number of rotatable bonds is 6. The molecule has 0 radical (unpaired) electrons. The van der Waals surface area contributed by atoms with Crippen LogP contribution in [-0.4, -0.2) is 56.3 Å². The minimum absolute atomic E-state index is 0.100. The average Bonchev–Trinajstić information content (AvgIpc) is 2.70. The van der Waals surface area contributed by atoms with Gasteiger partial charge >= 0.3 is 0 Å². The third kappa shape index (κ3) is 6.20. The number of anilines is 1. The van der Waals surface area contributed by atoms with Crippen LogP contribution in [-0.2, 0) is 14.8 Å². The molecule has 1 fully saturated rings. The zero-order chi connectivity index (χ0) is 21.7. The van der Waals surface area contributed by atoms with Gasteiger partial charge in [-0.15, -0.1) is 0 Å². The molecule has 1 aliphatic heterocycles. The van der Waals surface area contributed by atoms with E-state index in [1.165, 1.54) is 21.8 Å². The standard InChI is InChI=1S/C20H20Cl3N3O3S/c21-16-12-17(22)20(18(23)13-16)24-19(27)14-25-7-9-26(10-8-25)30(28,29)11-6-15-4-2-1-3-5-15/h1-6,11-13H,7-10,14H2,(H,24,27)/b11-6+. The van der Waals surface area contributed by atoms with E-state index in [2.05, 4.69) is 5.32 Å². The van der Waals surface area contributed by atoms with E-state index in [9.17, 15) is 13.2 Å². The molecule has 2 aromatic rings. The Balaban J connectivity index is 1.53. The van der Waals surface area contributed by atoms with Gasteiger partial charge in [-0.3, -0.25) is 9.69 Å². The van der Waals surface area contributed by atoms with Crippen LogP contribution < -0.4 is 5.32 Å². The van der Waals surface area contributed by atoms with Crippen molar-refractivity contribution in [3.05, 3.63) is 68.5 Å². The van der Waals surface area contributed by atoms with Crippen LogP contribution in [0.2, 0.25) is 15.1 Å². The van der Waals surface area contributed by atoms with Crippen LogP contribution in [0.4, 0.5) is 5.69 Å². The molecule has 0 bridgehead atoms. The first kappa shape index (κ1) is 23.1. The summed E-state index contributed by atoms with van der Waals surface area (Å²) in [7, 11) is -3.52. The molecule has 3 rings (SSSR count). The predicted molar refractivity (Wildman–Crippen MR) is 123 cm³/mol. The molecular weight excluding hydrogens is 469 g/mol. The molecule has 0 atom stereocenters. The molecule has 1 N–H and O–H groups in total. The fraction of sp³-hybridized carbons (Fsp3) is 0.250. The smallest absolute Gasteiger partial charge is 0.238 e. The molecule has 160 valence electrons. The van der Waals surface area contributed by atoms with Crippen molar-refractivity contribution in [3.8, 4) is 0 Å². The van der Waals surface area contributed by atoms with E-state index < -0.39 is 10.0 Å². The Kier molecular flexibility index (Phi) is 7.79. The molecule has 0 unspecified atom stereocenters. The van der Waals surface area contributed by atoms with E-state index in [1.807, 2.05) is 35.2 Å². The van der Waals surface area contributed by atoms with Gasteiger partial charge in [-0.1, -0.05) is 65.1 Å². The number of amides is 1. The largest absolute Gasteiger partial charge is 0.322 e. The van der Waals surface area contributed by atoms with Gasteiger partial charge in [-0.25, -0.2) is 8.42 Å². The molecule has 1 amide bonds. The van der Waals surface area contributed by atoms with E-state index in [0.29, 0.717) is 36.9 Å². The van der Waals surface area contributed by atoms with Crippen LogP contribution in [0.5, 0.6) is 0 Å². The van der Waals surface area contributed by atoms with Gasteiger partial charge in [0.1, 0.15) is 0 Å². The highest BCUT2D eigenvalue weighted by atomic mass is 35.5. The highest BCUT2D eigenvalue weighted by molar-refractivity contribution is 7.92. The summed E-state index contributed by atoms with van der Waals surface area (Å²) in [5.74, 6) is -0.290. The third-order valence-electron chi connectivity index (χ3n) is 4.56. The number of sulfonamides is 1. The number of benzene rings is 2. The molecule has 10 heteroatoms. The molecule has 0 aromatic heterocycles. The molecule has 30 heavy (non-hydrogen) atoms. The average molecular weight is 489 g/mol. The Hall–Kier alpha value is -1.61. The zero-order valence-corrected chi connectivity index (χ0v) is 19.0. The molecule has 0 spiro atoms. The van der Waals surface area contributed by atoms with Crippen molar-refractivity contribution in [2.75, 3.05) is 38.0 Å². The minimum atomic E-state index is -3.52. The normalized spacial score (nSPS) is 16.1. The Morgan fingerprint density at radius 3 is 2.20 bits per heavy atom. The van der Waals surface area contributed by atoms with Gasteiger partial charge in [0, 0.05) is 36.6 Å². The molecule has 1 saturated heterocycles. The quantitative estimate of drug-likeness (QED) is 0.661. The van der Waals surface area contributed by atoms with Crippen molar-refractivity contribution in [3.63, 3.8) is 0 Å². The van der Waals surface area contributed by atoms with Crippen molar-refractivity contribution < 1.29 is 13.2 Å². The zero-order valence-electron chi connectivity index (χ0n) is 15.9. The third-order valence-corrected chi connectivity index (χ3v) is 6.94. The summed E-state index contributed by atoms with van der Waals surface area (Å²) >= 11 is 18.0. The van der Waals surface area contributed by atoms with Crippen LogP contribution >= 0.6 is 34.8 Å². The monoisotopic (exact) mass is 487 g/mol. The van der Waals surface area contributed by atoms with Gasteiger partial charge in [0.2, 0.25) is 15.9 Å². The first-order valence-corrected chi connectivity index (χ1v) is 11.8. The second-order valence-corrected chi connectivity index (χ2v) is 9.80. The van der Waals surface area contributed by atoms with Gasteiger partial charge < -0.3 is 5.32 Å². The molecule has 2 aromatic carbocycles. The lowest BCUT2D eigenvalue weighted by molar-refractivity contribution is -0.117. The van der Waals surface area contributed by atoms with Crippen LogP contribution in [0.3, 0.4) is 0 Å². The Labute approximate surface area is 191 Å². The fourth-order valence-corrected chi connectivity index (χ4v) is 5.09. The van der Waals surface area contributed by atoms with Crippen molar-refractivity contribution in [2.45, 2.75) is 0 Å². The van der Waals surface area contributed by atoms with E-state index >= 15 is 0 Å². The number of halogens is 3. The number of hydrogen-bond donors (Lipinski definition) is 1. The number of nitrogens with one attached hydrogen (secondary N) is 1. The maximum absolute atomic E-state index is 12.5. The van der Waals surface area contributed by atoms with E-state index in [1.54, 1.807) is 6.08 Å². The van der Waals surface area contributed by atoms with E-state index in [0.717, 1.165) is 5.56 Å². The van der Waals surface area contributed by atoms with Gasteiger partial charge in [-0.05, 0) is 23.8 Å². The van der Waals surface area contributed by atoms with Crippen molar-refractivity contribution in [1.82, 2.24) is 9.21 Å². The molecule has 0 saturated carbocycles. The predicted octanol–water partition coefficient (Wildman–Crippen LogP) is 4.20. The fourth-order valence-electron chi connectivity index (χ4n) is 3.00. The lowest BCUT2D eigenvalue weighted by atomic mass is 10.2. The second kappa shape index (κ2) is 10.1. The SMILES string of the molecule is O=C(CN1CCN(S(=O)(=O)/C=C/c2ccccc2)CC1)Nc1c(Cl)cc(Cl)cc1Cl. The van der Waals surface area contributed by atoms with Gasteiger partial charge in [-0.2, -0.15) is 4.31 Å². The first-order valence-electron chi connectivity index (χ1n) is 9.14. The maximum atomic E-state index is 12.5. The lowest BCUT2D eigenvalue weighted by Gasteiger charge is -2.32. The van der Waals surface area contributed by atoms with Crippen molar-refractivity contribution in [2.24, 2.45) is 0 Å². The van der Waals surface area contributed by atoms with Gasteiger partial charge in [0.15, 0.2) is 0 Å². The van der Waals surface area contributed by atoms with Gasteiger partial charge in [0.25, 0.3) is 0 Å². The molecule has 0 aliphatic carbocycles. The number of hydrogen-bond acceptors (Lipinski definition) is 4. The summed E-state index contributed by atoms with van der Waals surface area (Å²) in [5, 5.41) is 4.78. The number of carbonyl (C=O) groups excluding carboxylic acids is 1. The second-order valence-electron chi connectivity index (χ2n) is 6.73. The van der Waals surface area contributed by atoms with Crippen molar-refractivity contribution >= 4 is 62.5 Å². The van der Waals surface area contributed by atoms with Crippen LogP contribution in [0.25, 0.3) is 6.08 Å². The minimum Gasteiger partial charge on any atom is -0.322 e. The Morgan fingerprint density at radius 1 is 1.00 bits per heavy atom. The Bertz CT molecular complexity index is 1010. The van der Waals surface area contributed by atoms with Gasteiger partial charge in [0.05, 0.1) is 22.3 Å². The topological polar surface area (TPSA) is 69.7 Å². The first-order chi connectivity index (χ1) is 14.2. The number of carbonyl (C=O) groups is 1. The summed E-state index contributed by atoms with van der Waals surface area (Å²) in [6.45, 7) is 1.58. The van der Waals surface area contributed by atoms with Crippen LogP contribution in [0, 0.1) is 0 Å². The van der Waals surface area contributed by atoms with Crippen LogP contribution in [0.15, 0.2) is 47.9 Å². The summed E-state index contributed by atoms with van der Waals surface area (Å²) in [6, 6.07) is 12.2. The highest BCUT2D eigenvalue weighted by Gasteiger charge is 2.26. The van der Waals surface area contributed by atoms with Crippen LogP contribution in [0.1, 0.15) is 5.56 Å². The molecule has 1 aliphatic rings. The summed E-state index contributed by atoms with van der Waals surface area (Å²) in [5.41, 5.74) is 1.12. The van der Waals surface area contributed by atoms with E-state index in [4.69, 9.17) is 34.8 Å². The number of piperazine rings is 1. The molecular formula is C20H20Cl3N3O3S. The summed E-state index contributed by atoms with van der Waals surface area (Å²) in [6.07, 6.45) is 1.58. The Morgan fingerprint density at radius 2 is 1.60 bits per heavy atom. The van der Waals surface area contributed by atoms with Crippen molar-refractivity contribution in [1.29, 1.82) is 0 Å². The molecule has 1 heterocycles. The number of nitrogens with zero attached hydrogens (tertiary/aromatic N) is 2. The lowest BCUT2D eigenvalue weighted by Crippen LogP contribution is -2.49. The summed E-state index contributed by atoms with van der Waals surface area (Å²) in [4.78, 5) is 14.2. The summed E-state index contributed by atoms with van der Waals surface area (Å²) < 4.78 is 26.5.